The fraction of sp³-hybridized carbons (Fsp3) is 0.143. The molecule has 2 aliphatic rings. The Bertz CT molecular complexity index is 537. The van der Waals surface area contributed by atoms with E-state index in [4.69, 9.17) is 0 Å². The largest absolute Gasteiger partial charge is 0.125 e. The smallest absolute Gasteiger partial charge is 0.0369 e. The summed E-state index contributed by atoms with van der Waals surface area (Å²) < 4.78 is 0. The number of fused-ring (bicyclic) bond motifs is 2. The highest BCUT2D eigenvalue weighted by molar-refractivity contribution is 8.07. The Labute approximate surface area is 93.7 Å². The lowest BCUT2D eigenvalue weighted by molar-refractivity contribution is 0.888. The molecule has 1 aromatic rings. The zero-order valence-corrected chi connectivity index (χ0v) is 9.15. The molecule has 15 heavy (non-hydrogen) atoms. The van der Waals surface area contributed by atoms with E-state index in [0.717, 1.165) is 0 Å². The summed E-state index contributed by atoms with van der Waals surface area (Å²) >= 11 is 1.92. The van der Waals surface area contributed by atoms with Gasteiger partial charge in [0.1, 0.15) is 0 Å². The predicted octanol–water partition coefficient (Wildman–Crippen LogP) is 2.06. The second-order valence-corrected chi connectivity index (χ2v) is 4.91. The lowest BCUT2D eigenvalue weighted by Gasteiger charge is -2.17. The molecule has 1 aromatic carbocycles. The summed E-state index contributed by atoms with van der Waals surface area (Å²) in [7, 11) is 0. The molecular formula is C14H12S. The molecule has 1 heterocycles. The van der Waals surface area contributed by atoms with Crippen molar-refractivity contribution >= 4 is 23.2 Å². The van der Waals surface area contributed by atoms with Crippen molar-refractivity contribution in [2.24, 2.45) is 5.92 Å². The van der Waals surface area contributed by atoms with Crippen LogP contribution in [0.2, 0.25) is 0 Å². The average molecular weight is 212 g/mol. The minimum atomic E-state index is 0.542. The molecule has 1 aliphatic carbocycles. The minimum Gasteiger partial charge on any atom is -0.125 e. The van der Waals surface area contributed by atoms with Crippen molar-refractivity contribution in [2.75, 3.05) is 0 Å². The molecular weight excluding hydrogens is 200 g/mol. The summed E-state index contributed by atoms with van der Waals surface area (Å²) in [5.74, 6) is 0.542. The van der Waals surface area contributed by atoms with Gasteiger partial charge < -0.3 is 0 Å². The van der Waals surface area contributed by atoms with E-state index < -0.39 is 0 Å². The van der Waals surface area contributed by atoms with E-state index in [9.17, 15) is 0 Å². The van der Waals surface area contributed by atoms with Gasteiger partial charge in [0.2, 0.25) is 0 Å². The Hall–Kier alpha value is -1.21. The molecule has 2 unspecified atom stereocenters. The van der Waals surface area contributed by atoms with Crippen molar-refractivity contribution in [3.8, 4) is 0 Å². The Morgan fingerprint density at radius 1 is 0.933 bits per heavy atom. The molecule has 1 aliphatic heterocycles. The molecule has 0 aromatic heterocycles. The highest BCUT2D eigenvalue weighted by Crippen LogP contribution is 2.28. The van der Waals surface area contributed by atoms with Crippen molar-refractivity contribution in [1.29, 1.82) is 0 Å². The van der Waals surface area contributed by atoms with Crippen LogP contribution in [-0.2, 0) is 0 Å². The first kappa shape index (κ1) is 9.05. The number of allylic oxidation sites excluding steroid dienone is 3. The van der Waals surface area contributed by atoms with E-state index in [1.165, 1.54) is 10.4 Å². The quantitative estimate of drug-likeness (QED) is 0.634. The Morgan fingerprint density at radius 2 is 1.73 bits per heavy atom. The number of hydrogen-bond acceptors (Lipinski definition) is 1. The van der Waals surface area contributed by atoms with E-state index in [1.54, 1.807) is 0 Å². The van der Waals surface area contributed by atoms with Gasteiger partial charge in [0.15, 0.2) is 0 Å². The van der Waals surface area contributed by atoms with Crippen molar-refractivity contribution in [2.45, 2.75) is 5.25 Å². The molecule has 2 atom stereocenters. The predicted molar refractivity (Wildman–Crippen MR) is 67.8 cm³/mol. The summed E-state index contributed by atoms with van der Waals surface area (Å²) in [4.78, 5) is 0. The molecule has 0 amide bonds. The van der Waals surface area contributed by atoms with Crippen LogP contribution in [0.1, 0.15) is 0 Å². The summed E-state index contributed by atoms with van der Waals surface area (Å²) in [6, 6.07) is 8.59. The number of thioether (sulfide) groups is 1. The normalized spacial score (nSPS) is 26.9. The van der Waals surface area contributed by atoms with Crippen molar-refractivity contribution in [1.82, 2.24) is 0 Å². The molecule has 3 rings (SSSR count). The molecule has 0 saturated carbocycles. The van der Waals surface area contributed by atoms with Gasteiger partial charge in [0, 0.05) is 11.2 Å². The van der Waals surface area contributed by atoms with Crippen LogP contribution in [0.5, 0.6) is 0 Å². The van der Waals surface area contributed by atoms with E-state index in [1.807, 2.05) is 11.8 Å². The maximum Gasteiger partial charge on any atom is 0.0369 e. The van der Waals surface area contributed by atoms with Gasteiger partial charge in [0.05, 0.1) is 0 Å². The van der Waals surface area contributed by atoms with Crippen LogP contribution in [0.25, 0.3) is 11.5 Å². The maximum atomic E-state index is 2.37. The molecule has 0 bridgehead atoms. The first-order valence-corrected chi connectivity index (χ1v) is 6.15. The molecule has 0 saturated heterocycles. The monoisotopic (exact) mass is 212 g/mol. The SMILES string of the molecule is C1=CC2C=c3ccccc3=CSC2C=C1. The third-order valence-electron chi connectivity index (χ3n) is 2.84. The number of benzene rings is 1. The number of hydrogen-bond donors (Lipinski definition) is 0. The summed E-state index contributed by atoms with van der Waals surface area (Å²) in [5.41, 5.74) is 0. The maximum absolute atomic E-state index is 2.37. The zero-order chi connectivity index (χ0) is 10.1. The lowest BCUT2D eigenvalue weighted by atomic mass is 9.98. The van der Waals surface area contributed by atoms with Crippen LogP contribution in [0.15, 0.2) is 48.6 Å². The van der Waals surface area contributed by atoms with Crippen LogP contribution < -0.4 is 10.4 Å². The topological polar surface area (TPSA) is 0 Å². The van der Waals surface area contributed by atoms with E-state index >= 15 is 0 Å². The third kappa shape index (κ3) is 1.68. The molecule has 0 N–H and O–H groups in total. The first-order valence-electron chi connectivity index (χ1n) is 5.21. The molecule has 0 radical (unpaired) electrons. The van der Waals surface area contributed by atoms with Gasteiger partial charge in [-0.25, -0.2) is 0 Å². The fourth-order valence-corrected chi connectivity index (χ4v) is 3.07. The Morgan fingerprint density at radius 3 is 2.67 bits per heavy atom. The van der Waals surface area contributed by atoms with Gasteiger partial charge in [-0.1, -0.05) is 54.6 Å². The highest BCUT2D eigenvalue weighted by atomic mass is 32.2. The minimum absolute atomic E-state index is 0.542. The average Bonchev–Trinajstić information content (AvgIpc) is 2.48. The van der Waals surface area contributed by atoms with Crippen LogP contribution >= 0.6 is 11.8 Å². The van der Waals surface area contributed by atoms with Gasteiger partial charge in [0.25, 0.3) is 0 Å². The summed E-state index contributed by atoms with van der Waals surface area (Å²) in [6.45, 7) is 0. The van der Waals surface area contributed by atoms with Crippen LogP contribution in [0.3, 0.4) is 0 Å². The van der Waals surface area contributed by atoms with E-state index in [0.29, 0.717) is 11.2 Å². The molecule has 0 spiro atoms. The van der Waals surface area contributed by atoms with Crippen molar-refractivity contribution < 1.29 is 0 Å². The summed E-state index contributed by atoms with van der Waals surface area (Å²) in [5, 5.41) is 5.55. The van der Waals surface area contributed by atoms with Gasteiger partial charge >= 0.3 is 0 Å². The Kier molecular flexibility index (Phi) is 2.26. The summed E-state index contributed by atoms with van der Waals surface area (Å²) in [6.07, 6.45) is 11.2. The molecule has 0 fully saturated rings. The molecule has 0 nitrogen and oxygen atoms in total. The van der Waals surface area contributed by atoms with Gasteiger partial charge in [-0.3, -0.25) is 0 Å². The van der Waals surface area contributed by atoms with Gasteiger partial charge in [-0.15, -0.1) is 11.8 Å². The number of rotatable bonds is 0. The van der Waals surface area contributed by atoms with Crippen molar-refractivity contribution in [3.05, 3.63) is 59.0 Å². The molecule has 74 valence electrons. The lowest BCUT2D eigenvalue weighted by Crippen LogP contribution is -2.23. The Balaban J connectivity index is 2.19. The standard InChI is InChI=1S/C14H12S/c1-2-7-13-10-15-14-8-4-3-6-12(14)9-11(13)5-1/h1-10,12,14H. The van der Waals surface area contributed by atoms with Crippen molar-refractivity contribution in [3.63, 3.8) is 0 Å². The van der Waals surface area contributed by atoms with Crippen LogP contribution in [0.4, 0.5) is 0 Å². The van der Waals surface area contributed by atoms with Gasteiger partial charge in [-0.2, -0.15) is 0 Å². The third-order valence-corrected chi connectivity index (χ3v) is 4.02. The van der Waals surface area contributed by atoms with E-state index in [2.05, 4.69) is 60.1 Å². The van der Waals surface area contributed by atoms with E-state index in [-0.39, 0.29) is 0 Å². The van der Waals surface area contributed by atoms with Crippen LogP contribution in [-0.4, -0.2) is 5.25 Å². The second kappa shape index (κ2) is 3.74. The zero-order valence-electron chi connectivity index (χ0n) is 8.34. The molecule has 1 heteroatoms. The van der Waals surface area contributed by atoms with Gasteiger partial charge in [-0.05, 0) is 15.8 Å². The first-order chi connectivity index (χ1) is 7.43. The van der Waals surface area contributed by atoms with Crippen LogP contribution in [0, 0.1) is 5.92 Å². The fourth-order valence-electron chi connectivity index (χ4n) is 2.02. The second-order valence-electron chi connectivity index (χ2n) is 3.86. The highest BCUT2D eigenvalue weighted by Gasteiger charge is 2.17.